The minimum absolute atomic E-state index is 0.0701. The molecule has 4 rings (SSSR count). The van der Waals surface area contributed by atoms with Crippen LogP contribution < -0.4 is 5.32 Å². The Kier molecular flexibility index (Phi) is 4.64. The first-order chi connectivity index (χ1) is 14.2. The number of alkyl halides is 3. The molecule has 2 aromatic heterocycles. The summed E-state index contributed by atoms with van der Waals surface area (Å²) in [5, 5.41) is 3.15. The second-order valence-electron chi connectivity index (χ2n) is 7.14. The van der Waals surface area contributed by atoms with Crippen molar-refractivity contribution in [2.75, 3.05) is 5.32 Å². The number of hydrogen-bond donors (Lipinski definition) is 2. The van der Waals surface area contributed by atoms with Gasteiger partial charge in [-0.2, -0.15) is 13.2 Å². The first-order valence-electron chi connectivity index (χ1n) is 9.25. The molecule has 0 spiro atoms. The van der Waals surface area contributed by atoms with Gasteiger partial charge in [0.1, 0.15) is 11.5 Å². The summed E-state index contributed by atoms with van der Waals surface area (Å²) >= 11 is 0. The van der Waals surface area contributed by atoms with Gasteiger partial charge < -0.3 is 14.9 Å². The van der Waals surface area contributed by atoms with Crippen molar-refractivity contribution in [3.05, 3.63) is 71.3 Å². The van der Waals surface area contributed by atoms with Crippen molar-refractivity contribution in [1.29, 1.82) is 0 Å². The molecule has 0 fully saturated rings. The lowest BCUT2D eigenvalue weighted by atomic mass is 10.1. The largest absolute Gasteiger partial charge is 0.431 e. The number of H-pyrrole nitrogens is 1. The number of carbonyl (C=O) groups excluding carboxylic acids is 1. The van der Waals surface area contributed by atoms with Gasteiger partial charge in [0, 0.05) is 23.7 Å². The lowest BCUT2D eigenvalue weighted by Crippen LogP contribution is -2.12. The highest BCUT2D eigenvalue weighted by Crippen LogP contribution is 2.36. The predicted octanol–water partition coefficient (Wildman–Crippen LogP) is 5.46. The van der Waals surface area contributed by atoms with Gasteiger partial charge in [0.15, 0.2) is 0 Å². The molecule has 0 aliphatic carbocycles. The fourth-order valence-electron chi connectivity index (χ4n) is 3.55. The number of aryl methyl sites for hydroxylation is 2. The maximum Gasteiger partial charge on any atom is 0.431 e. The van der Waals surface area contributed by atoms with Gasteiger partial charge in [-0.1, -0.05) is 24.3 Å². The van der Waals surface area contributed by atoms with Crippen LogP contribution in [0.5, 0.6) is 0 Å². The molecular weight excluding hydrogens is 393 g/mol. The highest BCUT2D eigenvalue weighted by molar-refractivity contribution is 6.12. The molecule has 2 heterocycles. The Hall–Kier alpha value is -3.55. The second kappa shape index (κ2) is 7.05. The summed E-state index contributed by atoms with van der Waals surface area (Å²) in [6, 6.07) is 11.9. The topological polar surface area (TPSA) is 62.7 Å². The van der Waals surface area contributed by atoms with E-state index in [0.29, 0.717) is 11.1 Å². The van der Waals surface area contributed by atoms with Gasteiger partial charge in [0.05, 0.1) is 23.0 Å². The van der Waals surface area contributed by atoms with Gasteiger partial charge in [0.2, 0.25) is 0 Å². The van der Waals surface area contributed by atoms with Gasteiger partial charge in [-0.3, -0.25) is 4.79 Å². The Bertz CT molecular complexity index is 1270. The number of nitrogens with one attached hydrogen (secondary N) is 2. The van der Waals surface area contributed by atoms with Crippen molar-refractivity contribution < 1.29 is 18.0 Å². The molecule has 1 amide bonds. The van der Waals surface area contributed by atoms with Crippen LogP contribution in [0.4, 0.5) is 18.9 Å². The molecule has 154 valence electrons. The smallest absolute Gasteiger partial charge is 0.350 e. The SMILES string of the molecule is Cc1c(C(F)(F)F)[nH]c2c(C(=O)Nc3cccc(-c4cnc(C)n4C)c3)cccc12. The molecule has 8 heteroatoms. The van der Waals surface area contributed by atoms with E-state index in [1.165, 1.54) is 13.0 Å². The first-order valence-corrected chi connectivity index (χ1v) is 9.25. The van der Waals surface area contributed by atoms with E-state index in [4.69, 9.17) is 0 Å². The van der Waals surface area contributed by atoms with Crippen molar-refractivity contribution in [3.8, 4) is 11.3 Å². The number of amides is 1. The van der Waals surface area contributed by atoms with E-state index in [0.717, 1.165) is 17.1 Å². The number of aromatic amines is 1. The van der Waals surface area contributed by atoms with Gasteiger partial charge in [-0.25, -0.2) is 4.98 Å². The summed E-state index contributed by atoms with van der Waals surface area (Å²) in [6.07, 6.45) is -2.77. The fraction of sp³-hybridized carbons (Fsp3) is 0.182. The highest BCUT2D eigenvalue weighted by atomic mass is 19.4. The third-order valence-corrected chi connectivity index (χ3v) is 5.26. The Labute approximate surface area is 170 Å². The number of para-hydroxylation sites is 1. The number of halogens is 3. The summed E-state index contributed by atoms with van der Waals surface area (Å²) < 4.78 is 41.7. The Morgan fingerprint density at radius 3 is 2.53 bits per heavy atom. The van der Waals surface area contributed by atoms with Crippen molar-refractivity contribution >= 4 is 22.5 Å². The van der Waals surface area contributed by atoms with E-state index >= 15 is 0 Å². The average molecular weight is 412 g/mol. The number of benzene rings is 2. The van der Waals surface area contributed by atoms with Crippen molar-refractivity contribution in [1.82, 2.24) is 14.5 Å². The molecule has 0 radical (unpaired) electrons. The van der Waals surface area contributed by atoms with Crippen LogP contribution in [0.15, 0.2) is 48.7 Å². The van der Waals surface area contributed by atoms with Crippen LogP contribution in [0.2, 0.25) is 0 Å². The summed E-state index contributed by atoms with van der Waals surface area (Å²) in [7, 11) is 1.90. The molecule has 5 nitrogen and oxygen atoms in total. The van der Waals surface area contributed by atoms with Gasteiger partial charge in [-0.15, -0.1) is 0 Å². The zero-order valence-electron chi connectivity index (χ0n) is 16.6. The zero-order valence-corrected chi connectivity index (χ0v) is 16.6. The molecule has 0 unspecified atom stereocenters. The van der Waals surface area contributed by atoms with Crippen molar-refractivity contribution in [2.45, 2.75) is 20.0 Å². The third kappa shape index (κ3) is 3.34. The van der Waals surface area contributed by atoms with Gasteiger partial charge in [0.25, 0.3) is 5.91 Å². The number of hydrogen-bond acceptors (Lipinski definition) is 2. The predicted molar refractivity (Wildman–Crippen MR) is 109 cm³/mol. The van der Waals surface area contributed by atoms with Crippen LogP contribution in [-0.4, -0.2) is 20.4 Å². The van der Waals surface area contributed by atoms with Crippen LogP contribution in [-0.2, 0) is 13.2 Å². The van der Waals surface area contributed by atoms with E-state index < -0.39 is 17.8 Å². The molecule has 2 aromatic carbocycles. The summed E-state index contributed by atoms with van der Waals surface area (Å²) in [6.45, 7) is 3.28. The van der Waals surface area contributed by atoms with Crippen LogP contribution in [0.25, 0.3) is 22.2 Å². The van der Waals surface area contributed by atoms with Crippen LogP contribution in [0.3, 0.4) is 0 Å². The van der Waals surface area contributed by atoms with E-state index in [1.54, 1.807) is 36.5 Å². The molecule has 2 N–H and O–H groups in total. The summed E-state index contributed by atoms with van der Waals surface area (Å²) in [5.41, 5.74) is 1.83. The fourth-order valence-corrected chi connectivity index (χ4v) is 3.55. The molecule has 0 saturated heterocycles. The van der Waals surface area contributed by atoms with E-state index in [2.05, 4.69) is 15.3 Å². The monoisotopic (exact) mass is 412 g/mol. The Balaban J connectivity index is 1.69. The molecule has 0 aliphatic heterocycles. The van der Waals surface area contributed by atoms with Crippen LogP contribution >= 0.6 is 0 Å². The number of carbonyl (C=O) groups is 1. The number of imidazole rings is 1. The number of nitrogens with zero attached hydrogens (tertiary/aromatic N) is 2. The van der Waals surface area contributed by atoms with E-state index in [-0.39, 0.29) is 16.6 Å². The van der Waals surface area contributed by atoms with Crippen LogP contribution in [0, 0.1) is 13.8 Å². The normalized spacial score (nSPS) is 11.8. The maximum absolute atomic E-state index is 13.3. The Morgan fingerprint density at radius 2 is 1.87 bits per heavy atom. The molecule has 30 heavy (non-hydrogen) atoms. The quantitative estimate of drug-likeness (QED) is 0.470. The van der Waals surface area contributed by atoms with E-state index in [1.807, 2.05) is 24.6 Å². The highest BCUT2D eigenvalue weighted by Gasteiger charge is 2.35. The molecule has 0 saturated carbocycles. The average Bonchev–Trinajstić information content (AvgIpc) is 3.22. The van der Waals surface area contributed by atoms with Gasteiger partial charge >= 0.3 is 6.18 Å². The molecule has 0 aliphatic rings. The Morgan fingerprint density at radius 1 is 1.13 bits per heavy atom. The van der Waals surface area contributed by atoms with Gasteiger partial charge in [-0.05, 0) is 37.6 Å². The van der Waals surface area contributed by atoms with Crippen molar-refractivity contribution in [2.24, 2.45) is 7.05 Å². The number of aromatic nitrogens is 3. The lowest BCUT2D eigenvalue weighted by molar-refractivity contribution is -0.141. The minimum Gasteiger partial charge on any atom is -0.350 e. The summed E-state index contributed by atoms with van der Waals surface area (Å²) in [5.74, 6) is 0.364. The number of anilines is 1. The maximum atomic E-state index is 13.3. The molecule has 4 aromatic rings. The molecule has 0 atom stereocenters. The second-order valence-corrected chi connectivity index (χ2v) is 7.14. The zero-order chi connectivity index (χ0) is 21.6. The standard InChI is InChI=1S/C22H19F3N4O/c1-12-16-8-5-9-17(19(16)28-20(12)22(23,24)25)21(30)27-15-7-4-6-14(10-15)18-11-26-13(2)29(18)3/h4-11,28H,1-3H3,(H,27,30). The lowest BCUT2D eigenvalue weighted by Gasteiger charge is -2.09. The number of rotatable bonds is 3. The minimum atomic E-state index is -4.52. The number of fused-ring (bicyclic) bond motifs is 1. The molecule has 0 bridgehead atoms. The summed E-state index contributed by atoms with van der Waals surface area (Å²) in [4.78, 5) is 19.6. The third-order valence-electron chi connectivity index (χ3n) is 5.26. The molecular formula is C22H19F3N4O. The van der Waals surface area contributed by atoms with Crippen LogP contribution in [0.1, 0.15) is 27.4 Å². The van der Waals surface area contributed by atoms with E-state index in [9.17, 15) is 18.0 Å². The van der Waals surface area contributed by atoms with Crippen molar-refractivity contribution in [3.63, 3.8) is 0 Å². The first kappa shape index (κ1) is 19.8.